The normalized spacial score (nSPS) is 15.4. The van der Waals surface area contributed by atoms with Crippen molar-refractivity contribution in [3.05, 3.63) is 105 Å². The van der Waals surface area contributed by atoms with Crippen LogP contribution in [0.1, 0.15) is 27.9 Å². The molecule has 0 aliphatic carbocycles. The van der Waals surface area contributed by atoms with Crippen LogP contribution >= 0.6 is 11.6 Å². The van der Waals surface area contributed by atoms with Gasteiger partial charge in [0.05, 0.1) is 17.0 Å². The molecule has 4 rings (SSSR count). The molecule has 3 aromatic carbocycles. The van der Waals surface area contributed by atoms with E-state index in [2.05, 4.69) is 0 Å². The van der Waals surface area contributed by atoms with Gasteiger partial charge in [-0.1, -0.05) is 41.4 Å². The molecular weight excluding hydrogens is 470 g/mol. The smallest absolute Gasteiger partial charge is 0.269 e. The summed E-state index contributed by atoms with van der Waals surface area (Å²) in [5, 5.41) is 11.5. The van der Waals surface area contributed by atoms with Crippen molar-refractivity contribution in [1.82, 2.24) is 4.90 Å². The van der Waals surface area contributed by atoms with Gasteiger partial charge in [-0.05, 0) is 55.3 Å². The number of carbonyl (C=O) groups is 3. The van der Waals surface area contributed by atoms with Crippen LogP contribution in [0, 0.1) is 17.0 Å². The van der Waals surface area contributed by atoms with Gasteiger partial charge in [0.1, 0.15) is 6.04 Å². The molecule has 0 aromatic heterocycles. The van der Waals surface area contributed by atoms with E-state index in [4.69, 9.17) is 11.6 Å². The fourth-order valence-corrected chi connectivity index (χ4v) is 4.27. The highest BCUT2D eigenvalue weighted by Crippen LogP contribution is 2.28. The zero-order valence-corrected chi connectivity index (χ0v) is 19.6. The molecule has 8 nitrogen and oxygen atoms in total. The van der Waals surface area contributed by atoms with E-state index in [0.717, 1.165) is 16.0 Å². The second kappa shape index (κ2) is 10.1. The zero-order valence-electron chi connectivity index (χ0n) is 18.9. The van der Waals surface area contributed by atoms with Crippen LogP contribution in [0.4, 0.5) is 11.4 Å². The third-order valence-corrected chi connectivity index (χ3v) is 6.14. The minimum absolute atomic E-state index is 0.148. The van der Waals surface area contributed by atoms with Crippen molar-refractivity contribution < 1.29 is 19.3 Å². The Balaban J connectivity index is 1.64. The van der Waals surface area contributed by atoms with Crippen LogP contribution in [0.5, 0.6) is 0 Å². The predicted molar refractivity (Wildman–Crippen MR) is 131 cm³/mol. The molecule has 1 atom stereocenters. The van der Waals surface area contributed by atoms with Gasteiger partial charge < -0.3 is 4.90 Å². The summed E-state index contributed by atoms with van der Waals surface area (Å²) in [6.07, 6.45) is 0.253. The Bertz CT molecular complexity index is 1290. The lowest BCUT2D eigenvalue weighted by Gasteiger charge is -2.28. The second-order valence-electron chi connectivity index (χ2n) is 8.31. The first kappa shape index (κ1) is 24.1. The molecule has 1 aliphatic heterocycles. The number of aryl methyl sites for hydroxylation is 1. The topological polar surface area (TPSA) is 101 Å². The Morgan fingerprint density at radius 2 is 1.77 bits per heavy atom. The zero-order chi connectivity index (χ0) is 25.1. The molecule has 0 bridgehead atoms. The number of carbonyl (C=O) groups excluding carboxylic acids is 3. The molecule has 1 unspecified atom stereocenters. The molecule has 35 heavy (non-hydrogen) atoms. The molecule has 0 N–H and O–H groups in total. The molecule has 1 heterocycles. The monoisotopic (exact) mass is 491 g/mol. The van der Waals surface area contributed by atoms with Crippen molar-refractivity contribution in [2.75, 3.05) is 11.4 Å². The fraction of sp³-hybridized carbons (Fsp3) is 0.192. The Kier molecular flexibility index (Phi) is 6.93. The lowest BCUT2D eigenvalue weighted by molar-refractivity contribution is -0.384. The number of benzene rings is 3. The van der Waals surface area contributed by atoms with E-state index < -0.39 is 28.7 Å². The number of nitro benzene ring substituents is 1. The highest BCUT2D eigenvalue weighted by molar-refractivity contribution is 6.30. The number of anilines is 1. The Hall–Kier alpha value is -4.04. The van der Waals surface area contributed by atoms with Crippen molar-refractivity contribution in [2.24, 2.45) is 0 Å². The summed E-state index contributed by atoms with van der Waals surface area (Å²) in [5.41, 5.74) is 2.35. The third-order valence-electron chi connectivity index (χ3n) is 5.91. The van der Waals surface area contributed by atoms with Crippen molar-refractivity contribution in [2.45, 2.75) is 25.8 Å². The average molecular weight is 492 g/mol. The van der Waals surface area contributed by atoms with E-state index in [1.165, 1.54) is 29.2 Å². The summed E-state index contributed by atoms with van der Waals surface area (Å²) in [4.78, 5) is 52.7. The SMILES string of the molecule is Cc1ccc(N2C(=O)CC(N(CCc3cccc(Cl)c3)C(=O)c3ccc([N+](=O)[O-])cc3)C2=O)cc1. The Morgan fingerprint density at radius 3 is 2.40 bits per heavy atom. The van der Waals surface area contributed by atoms with Gasteiger partial charge in [-0.2, -0.15) is 0 Å². The first-order valence-electron chi connectivity index (χ1n) is 11.0. The third kappa shape index (κ3) is 5.22. The highest BCUT2D eigenvalue weighted by atomic mass is 35.5. The molecule has 1 fully saturated rings. The van der Waals surface area contributed by atoms with Crippen molar-refractivity contribution in [1.29, 1.82) is 0 Å². The van der Waals surface area contributed by atoms with Crippen LogP contribution in [0.2, 0.25) is 5.02 Å². The molecular formula is C26H22ClN3O5. The van der Waals surface area contributed by atoms with Gasteiger partial charge in [-0.25, -0.2) is 4.90 Å². The maximum atomic E-state index is 13.5. The lowest BCUT2D eigenvalue weighted by Crippen LogP contribution is -2.46. The van der Waals surface area contributed by atoms with Gasteiger partial charge in [0.2, 0.25) is 5.91 Å². The maximum Gasteiger partial charge on any atom is 0.269 e. The van der Waals surface area contributed by atoms with Crippen LogP contribution in [0.25, 0.3) is 0 Å². The van der Waals surface area contributed by atoms with E-state index in [0.29, 0.717) is 17.1 Å². The summed E-state index contributed by atoms with van der Waals surface area (Å²) >= 11 is 6.09. The van der Waals surface area contributed by atoms with Crippen LogP contribution < -0.4 is 4.90 Å². The van der Waals surface area contributed by atoms with Gasteiger partial charge >= 0.3 is 0 Å². The average Bonchev–Trinajstić information content (AvgIpc) is 3.13. The van der Waals surface area contributed by atoms with Gasteiger partial charge in [0, 0.05) is 29.3 Å². The van der Waals surface area contributed by atoms with Crippen molar-refractivity contribution in [3.8, 4) is 0 Å². The molecule has 0 saturated carbocycles. The van der Waals surface area contributed by atoms with Gasteiger partial charge in [0.25, 0.3) is 17.5 Å². The largest absolute Gasteiger partial charge is 0.326 e. The minimum atomic E-state index is -0.995. The second-order valence-corrected chi connectivity index (χ2v) is 8.74. The van der Waals surface area contributed by atoms with Crippen LogP contribution in [-0.4, -0.2) is 40.1 Å². The first-order valence-corrected chi connectivity index (χ1v) is 11.4. The molecule has 178 valence electrons. The Morgan fingerprint density at radius 1 is 1.09 bits per heavy atom. The number of amides is 3. The summed E-state index contributed by atoms with van der Waals surface area (Å²) < 4.78 is 0. The summed E-state index contributed by atoms with van der Waals surface area (Å²) in [6, 6.07) is 18.4. The summed E-state index contributed by atoms with van der Waals surface area (Å²) in [6.45, 7) is 2.06. The van der Waals surface area contributed by atoms with E-state index in [9.17, 15) is 24.5 Å². The summed E-state index contributed by atoms with van der Waals surface area (Å²) in [7, 11) is 0. The quantitative estimate of drug-likeness (QED) is 0.273. The number of rotatable bonds is 7. The predicted octanol–water partition coefficient (Wildman–Crippen LogP) is 4.57. The number of imide groups is 1. The number of halogens is 1. The van der Waals surface area contributed by atoms with Crippen LogP contribution in [0.3, 0.4) is 0 Å². The van der Waals surface area contributed by atoms with Gasteiger partial charge in [-0.3, -0.25) is 24.5 Å². The summed E-state index contributed by atoms with van der Waals surface area (Å²) in [5.74, 6) is -1.37. The fourth-order valence-electron chi connectivity index (χ4n) is 4.06. The van der Waals surface area contributed by atoms with E-state index >= 15 is 0 Å². The van der Waals surface area contributed by atoms with E-state index in [1.807, 2.05) is 25.1 Å². The van der Waals surface area contributed by atoms with E-state index in [1.54, 1.807) is 30.3 Å². The van der Waals surface area contributed by atoms with Gasteiger partial charge in [-0.15, -0.1) is 0 Å². The van der Waals surface area contributed by atoms with Crippen LogP contribution in [0.15, 0.2) is 72.8 Å². The number of hydrogen-bond donors (Lipinski definition) is 0. The Labute approximate surface area is 206 Å². The van der Waals surface area contributed by atoms with E-state index in [-0.39, 0.29) is 24.2 Å². The minimum Gasteiger partial charge on any atom is -0.326 e. The number of non-ortho nitro benzene ring substituents is 1. The lowest BCUT2D eigenvalue weighted by atomic mass is 10.1. The highest BCUT2D eigenvalue weighted by Gasteiger charge is 2.44. The number of hydrogen-bond acceptors (Lipinski definition) is 5. The van der Waals surface area contributed by atoms with Crippen molar-refractivity contribution in [3.63, 3.8) is 0 Å². The molecule has 1 aliphatic rings. The standard InChI is InChI=1S/C26H22ClN3O5/c1-17-5-9-21(10-6-17)29-24(31)16-23(26(29)33)28(14-13-18-3-2-4-20(27)15-18)25(32)19-7-11-22(12-8-19)30(34)35/h2-12,15,23H,13-14,16H2,1H3. The van der Waals surface area contributed by atoms with Gasteiger partial charge in [0.15, 0.2) is 0 Å². The first-order chi connectivity index (χ1) is 16.7. The van der Waals surface area contributed by atoms with Crippen molar-refractivity contribution >= 4 is 40.7 Å². The number of nitro groups is 1. The molecule has 1 saturated heterocycles. The molecule has 0 radical (unpaired) electrons. The maximum absolute atomic E-state index is 13.5. The molecule has 9 heteroatoms. The molecule has 3 aromatic rings. The van der Waals surface area contributed by atoms with Crippen LogP contribution in [-0.2, 0) is 16.0 Å². The molecule has 3 amide bonds. The molecule has 0 spiro atoms. The number of nitrogens with zero attached hydrogens (tertiary/aromatic N) is 3.